The number of aliphatic hydroxyl groups excluding tert-OH is 5. The number of nitrogens with zero attached hydrogens (tertiary/aromatic N) is 5. The van der Waals surface area contributed by atoms with Gasteiger partial charge in [0, 0.05) is 153 Å². The molecule has 5 aromatic heterocycles. The smallest absolute Gasteiger partial charge is 0.155 e. The third-order valence-corrected chi connectivity index (χ3v) is 20.2. The van der Waals surface area contributed by atoms with E-state index in [1.807, 2.05) is 36.4 Å². The molecule has 10 aromatic carbocycles. The van der Waals surface area contributed by atoms with Crippen molar-refractivity contribution in [1.29, 1.82) is 0 Å². The number of ketones is 5. The fourth-order valence-electron chi connectivity index (χ4n) is 14.2. The summed E-state index contributed by atoms with van der Waals surface area (Å²) in [5, 5.41) is 47.9. The Morgan fingerprint density at radius 3 is 0.950 bits per heavy atom. The number of pyridine rings is 5. The third-order valence-electron chi connectivity index (χ3n) is 20.2. The van der Waals surface area contributed by atoms with Crippen LogP contribution in [0.1, 0.15) is 164 Å². The van der Waals surface area contributed by atoms with Gasteiger partial charge < -0.3 is 30.3 Å². The number of carbonyl (C=O) groups excluding carboxylic acids is 5. The first-order chi connectivity index (χ1) is 63.0. The van der Waals surface area contributed by atoms with Gasteiger partial charge in [-0.05, 0) is 276 Å². The average Bonchev–Trinajstić information content (AvgIpc) is 0.826. The molecule has 0 fully saturated rings. The standard InChI is InChI=1S/3C19H18N.C18H16NO.C18H16N.5C5H8O2.5Ir/c1-12-7-13(2)9-17(8-12)18-6-5-16-10-14(3)15(4)11-19(16)20-18;1-12-5-6-14(3)17(10-12)18-8-7-16-15(4)9-13(2)11-19(16)20-18;1-12-5-6-16(14(3)9-12)18-8-7-17-15(4)10-13(2)11-19(17)20-18;1-12-9-13(2)16-7-8-17(19-18(16)10-12)14-5-4-6-15(11-14)20-3;1-12-5-4-6-15(9-12)17-8-7-16-10-13(2)14(3)11-18(16)19-17;5*1-4(6)3-5(2)7;;;;;/h5-8,10-11H,1-4H3;5-9,11H,1-4H3;5,7-11H,1-4H3;4,6-11H,1-3H3;4-5,7-11H,1-3H3;5*3,6H,1-2H3;;;;;/q5*-1;;;;;;;;;;. The number of aliphatic hydroxyl groups is 5. The number of hydrogen-bond acceptors (Lipinski definition) is 16. The van der Waals surface area contributed by atoms with Gasteiger partial charge in [-0.2, -0.15) is 0 Å². The van der Waals surface area contributed by atoms with E-state index < -0.39 is 0 Å². The first-order valence-electron chi connectivity index (χ1n) is 43.9. The van der Waals surface area contributed by atoms with Gasteiger partial charge in [0.05, 0.1) is 63.5 Å². The Kier molecular flexibility index (Phi) is 55.0. The molecule has 0 saturated carbocycles. The minimum absolute atomic E-state index is 0. The Hall–Kier alpha value is -11.7. The van der Waals surface area contributed by atoms with E-state index in [-0.39, 0.29) is 158 Å². The Labute approximate surface area is 889 Å². The molecule has 0 aliphatic heterocycles. The maximum absolute atomic E-state index is 10.0. The van der Waals surface area contributed by atoms with Gasteiger partial charge in [0.15, 0.2) is 28.9 Å². The van der Waals surface area contributed by atoms with Crippen LogP contribution < -0.4 is 4.74 Å². The normalized spacial score (nSPS) is 10.7. The predicted octanol–water partition coefficient (Wildman–Crippen LogP) is 28.9. The number of aromatic nitrogens is 5. The summed E-state index contributed by atoms with van der Waals surface area (Å²) in [6.07, 6.45) is 5.83. The molecule has 15 aromatic rings. The van der Waals surface area contributed by atoms with Crippen molar-refractivity contribution in [3.63, 3.8) is 0 Å². The van der Waals surface area contributed by atoms with Gasteiger partial charge >= 0.3 is 0 Å². The Bertz CT molecular complexity index is 6750. The van der Waals surface area contributed by atoms with Crippen molar-refractivity contribution in [2.75, 3.05) is 7.11 Å². The molecule has 0 bridgehead atoms. The quantitative estimate of drug-likeness (QED) is 0.0458. The first-order valence-corrected chi connectivity index (χ1v) is 43.9. The third kappa shape index (κ3) is 42.9. The zero-order chi connectivity index (χ0) is 99.7. The molecule has 739 valence electrons. The van der Waals surface area contributed by atoms with Crippen molar-refractivity contribution in [2.24, 2.45) is 0 Å². The number of fused-ring (bicyclic) bond motifs is 5. The van der Waals surface area contributed by atoms with E-state index in [0.717, 1.165) is 101 Å². The minimum Gasteiger partial charge on any atom is -0.516 e. The topological polar surface area (TPSA) is 260 Å². The van der Waals surface area contributed by atoms with Gasteiger partial charge in [-0.25, -0.2) is 0 Å². The van der Waals surface area contributed by atoms with Crippen LogP contribution in [-0.2, 0) is 124 Å². The second-order valence-corrected chi connectivity index (χ2v) is 33.8. The summed E-state index contributed by atoms with van der Waals surface area (Å²) < 4.78 is 5.25. The SMILES string of the molecule is CC(=O)C=C(C)O.CC(=O)C=C(C)O.CC(=O)C=C(C)O.CC(=O)C=C(C)O.CC(=O)C=C(C)O.COc1cc[c-]c(-c2ccc3c(C)cc(C)cc3n2)c1.Cc1[c-]c(-c2ccc3c(C)cc(C)cc3n2)c(C)cc1.Cc1[c-]c(-c2ccc3cc(C)c(C)cc3n2)cc(C)c1.Cc1c[c-]c(-c2ccc3c(C)cc(C)cc3n2)c(C)c1.Cc1cc[c-]c(-c2ccc3cc(C)c(C)cc3n2)c1.[Ir].[Ir].[Ir].[Ir].[Ir]. The maximum atomic E-state index is 10.0. The van der Waals surface area contributed by atoms with E-state index in [0.29, 0.717) is 0 Å². The van der Waals surface area contributed by atoms with Gasteiger partial charge in [-0.1, -0.05) is 127 Å². The summed E-state index contributed by atoms with van der Waals surface area (Å²) in [6, 6.07) is 84.0. The van der Waals surface area contributed by atoms with Crippen molar-refractivity contribution >= 4 is 83.4 Å². The predicted molar refractivity (Wildman–Crippen MR) is 552 cm³/mol. The molecule has 0 aliphatic carbocycles. The molecule has 5 N–H and O–H groups in total. The number of rotatable bonds is 11. The van der Waals surface area contributed by atoms with Crippen molar-refractivity contribution in [3.8, 4) is 62.0 Å². The summed E-state index contributed by atoms with van der Waals surface area (Å²) in [5.74, 6) is 0.508. The average molecular weight is 2750 g/mol. The number of carbonyl (C=O) groups is 5. The first kappa shape index (κ1) is 125. The molecule has 139 heavy (non-hydrogen) atoms. The Morgan fingerprint density at radius 2 is 0.590 bits per heavy atom. The van der Waals surface area contributed by atoms with E-state index >= 15 is 0 Å². The largest absolute Gasteiger partial charge is 0.516 e. The summed E-state index contributed by atoms with van der Waals surface area (Å²) >= 11 is 0. The van der Waals surface area contributed by atoms with Crippen LogP contribution in [0.15, 0.2) is 253 Å². The van der Waals surface area contributed by atoms with E-state index in [1.165, 1.54) is 210 Å². The van der Waals surface area contributed by atoms with E-state index in [2.05, 4.69) is 306 Å². The van der Waals surface area contributed by atoms with Gasteiger partial charge in [0.2, 0.25) is 0 Å². The number of methoxy groups -OCH3 is 1. The molecule has 0 aliphatic rings. The molecule has 0 unspecified atom stereocenters. The van der Waals surface area contributed by atoms with Crippen molar-refractivity contribution in [3.05, 3.63) is 378 Å². The van der Waals surface area contributed by atoms with E-state index in [9.17, 15) is 24.0 Å². The van der Waals surface area contributed by atoms with Crippen LogP contribution in [0.2, 0.25) is 0 Å². The van der Waals surface area contributed by atoms with Gasteiger partial charge in [0.25, 0.3) is 0 Å². The van der Waals surface area contributed by atoms with Gasteiger partial charge in [-0.3, -0.25) is 48.9 Å². The van der Waals surface area contributed by atoms with Crippen molar-refractivity contribution in [2.45, 2.75) is 187 Å². The molecular weight excluding hydrogens is 2620 g/mol. The molecule has 5 radical (unpaired) electrons. The number of hydrogen-bond donors (Lipinski definition) is 5. The molecule has 5 heterocycles. The monoisotopic (exact) mass is 2750 g/mol. The van der Waals surface area contributed by atoms with E-state index in [1.54, 1.807) is 7.11 Å². The van der Waals surface area contributed by atoms with Crippen LogP contribution in [-0.4, -0.2) is 86.5 Å². The van der Waals surface area contributed by atoms with Crippen molar-refractivity contribution < 1.29 is 155 Å². The summed E-state index contributed by atoms with van der Waals surface area (Å²) in [5.41, 5.74) is 36.6. The second kappa shape index (κ2) is 61.0. The molecule has 0 amide bonds. The number of aryl methyl sites for hydroxylation is 17. The second-order valence-electron chi connectivity index (χ2n) is 33.8. The van der Waals surface area contributed by atoms with Crippen LogP contribution in [0.25, 0.3) is 111 Å². The molecule has 0 saturated heterocycles. The number of benzene rings is 10. The Morgan fingerprint density at radius 1 is 0.266 bits per heavy atom. The van der Waals surface area contributed by atoms with Gasteiger partial charge in [0.1, 0.15) is 0 Å². The van der Waals surface area contributed by atoms with Crippen LogP contribution in [0.4, 0.5) is 0 Å². The number of allylic oxidation sites excluding steroid dienone is 10. The molecule has 21 heteroatoms. The maximum Gasteiger partial charge on any atom is 0.155 e. The fourth-order valence-corrected chi connectivity index (χ4v) is 14.2. The van der Waals surface area contributed by atoms with Gasteiger partial charge in [-0.15, -0.1) is 170 Å². The van der Waals surface area contributed by atoms with Crippen LogP contribution in [0.3, 0.4) is 0 Å². The minimum atomic E-state index is -0.125. The Balaban J connectivity index is 0.000000794. The fraction of sp³-hybridized carbons (Fsp3) is 0.237. The molecular formula is C118H126Ir5N5O11-5. The van der Waals surface area contributed by atoms with Crippen LogP contribution in [0, 0.1) is 148 Å². The molecule has 0 spiro atoms. The van der Waals surface area contributed by atoms with Crippen LogP contribution >= 0.6 is 0 Å². The van der Waals surface area contributed by atoms with E-state index in [4.69, 9.17) is 55.2 Å². The zero-order valence-electron chi connectivity index (χ0n) is 84.5. The summed E-state index contributed by atoms with van der Waals surface area (Å²) in [6.45, 7) is 50.2. The molecule has 0 atom stereocenters. The van der Waals surface area contributed by atoms with Crippen LogP contribution in [0.5, 0.6) is 5.75 Å². The van der Waals surface area contributed by atoms with Crippen molar-refractivity contribution in [1.82, 2.24) is 24.9 Å². The molecule has 16 nitrogen and oxygen atoms in total. The number of ether oxygens (including phenoxy) is 1. The summed E-state index contributed by atoms with van der Waals surface area (Å²) in [4.78, 5) is 74.1. The molecule has 15 rings (SSSR count). The zero-order valence-corrected chi connectivity index (χ0v) is 96.4. The summed E-state index contributed by atoms with van der Waals surface area (Å²) in [7, 11) is 1.67.